The van der Waals surface area contributed by atoms with Crippen molar-refractivity contribution in [2.45, 2.75) is 66.0 Å². The molecule has 1 heterocycles. The molecule has 18 heavy (non-hydrogen) atoms. The highest BCUT2D eigenvalue weighted by atomic mass is 32.1. The van der Waals surface area contributed by atoms with Gasteiger partial charge < -0.3 is 10.6 Å². The molecule has 2 N–H and O–H groups in total. The topological polar surface area (TPSA) is 42.2 Å². The molecule has 1 aromatic rings. The molecular formula is C14H27N3S. The Balaban J connectivity index is 2.93. The number of hydrogen-bond acceptors (Lipinski definition) is 4. The molecule has 0 aliphatic carbocycles. The van der Waals surface area contributed by atoms with Crippen LogP contribution in [0.3, 0.4) is 0 Å². The second-order valence-corrected chi connectivity index (χ2v) is 5.79. The van der Waals surface area contributed by atoms with Crippen LogP contribution in [0, 0.1) is 0 Å². The molecule has 0 bridgehead atoms. The summed E-state index contributed by atoms with van der Waals surface area (Å²) < 4.78 is 0. The third-order valence-electron chi connectivity index (χ3n) is 3.41. The number of aromatic nitrogens is 1. The first-order valence-electron chi connectivity index (χ1n) is 7.13. The Morgan fingerprint density at radius 3 is 2.50 bits per heavy atom. The van der Waals surface area contributed by atoms with E-state index in [-0.39, 0.29) is 0 Å². The molecule has 0 aliphatic rings. The van der Waals surface area contributed by atoms with Gasteiger partial charge in [0, 0.05) is 24.0 Å². The number of thiazole rings is 1. The first-order chi connectivity index (χ1) is 8.67. The minimum absolute atomic E-state index is 0.554. The predicted octanol–water partition coefficient (Wildman–Crippen LogP) is 3.57. The first-order valence-corrected chi connectivity index (χ1v) is 7.94. The molecule has 1 unspecified atom stereocenters. The number of unbranched alkanes of at least 4 members (excludes halogenated alkanes) is 1. The fourth-order valence-electron chi connectivity index (χ4n) is 1.98. The molecule has 3 nitrogen and oxygen atoms in total. The molecule has 1 rings (SSSR count). The molecule has 0 saturated heterocycles. The Morgan fingerprint density at radius 2 is 2.06 bits per heavy atom. The first kappa shape index (κ1) is 15.4. The summed E-state index contributed by atoms with van der Waals surface area (Å²) in [4.78, 5) is 8.48. The van der Waals surface area contributed by atoms with Crippen LogP contribution < -0.4 is 10.6 Å². The second-order valence-electron chi connectivity index (χ2n) is 4.73. The van der Waals surface area contributed by atoms with E-state index >= 15 is 0 Å². The van der Waals surface area contributed by atoms with Gasteiger partial charge in [0.25, 0.3) is 0 Å². The average molecular weight is 269 g/mol. The van der Waals surface area contributed by atoms with E-state index in [9.17, 15) is 0 Å². The highest BCUT2D eigenvalue weighted by Gasteiger charge is 2.18. The van der Waals surface area contributed by atoms with Crippen LogP contribution in [0.25, 0.3) is 0 Å². The van der Waals surface area contributed by atoms with Crippen LogP contribution in [0.15, 0.2) is 0 Å². The van der Waals surface area contributed by atoms with Gasteiger partial charge in [-0.15, -0.1) is 11.3 Å². The molecule has 0 fully saturated rings. The molecule has 0 amide bonds. The number of nitrogens with two attached hydrogens (primary N) is 1. The van der Waals surface area contributed by atoms with E-state index in [1.54, 1.807) is 11.3 Å². The van der Waals surface area contributed by atoms with E-state index in [0.29, 0.717) is 12.6 Å². The summed E-state index contributed by atoms with van der Waals surface area (Å²) in [7, 11) is 0. The van der Waals surface area contributed by atoms with Crippen LogP contribution in [-0.2, 0) is 13.0 Å². The zero-order chi connectivity index (χ0) is 13.5. The summed E-state index contributed by atoms with van der Waals surface area (Å²) in [6.45, 7) is 10.6. The van der Waals surface area contributed by atoms with Gasteiger partial charge in [-0.25, -0.2) is 4.98 Å². The van der Waals surface area contributed by atoms with Gasteiger partial charge in [-0.1, -0.05) is 27.2 Å². The van der Waals surface area contributed by atoms with Crippen molar-refractivity contribution in [3.05, 3.63) is 10.6 Å². The molecule has 0 aromatic carbocycles. The number of rotatable bonds is 8. The van der Waals surface area contributed by atoms with Crippen LogP contribution in [0.2, 0.25) is 0 Å². The van der Waals surface area contributed by atoms with E-state index in [2.05, 4.69) is 32.6 Å². The van der Waals surface area contributed by atoms with Crippen molar-refractivity contribution in [1.29, 1.82) is 0 Å². The van der Waals surface area contributed by atoms with Crippen molar-refractivity contribution in [2.24, 2.45) is 5.73 Å². The highest BCUT2D eigenvalue weighted by molar-refractivity contribution is 7.15. The van der Waals surface area contributed by atoms with Gasteiger partial charge in [-0.05, 0) is 26.2 Å². The van der Waals surface area contributed by atoms with E-state index in [1.807, 2.05) is 0 Å². The minimum Gasteiger partial charge on any atom is -0.345 e. The van der Waals surface area contributed by atoms with Gasteiger partial charge in [-0.2, -0.15) is 0 Å². The van der Waals surface area contributed by atoms with Gasteiger partial charge in [-0.3, -0.25) is 0 Å². The van der Waals surface area contributed by atoms with Crippen molar-refractivity contribution < 1.29 is 0 Å². The standard InChI is InChI=1S/C14H27N3S/c1-5-8-9-17(11(4)6-2)14-16-12(7-3)13(10-15)18-14/h11H,5-10,15H2,1-4H3. The van der Waals surface area contributed by atoms with Gasteiger partial charge >= 0.3 is 0 Å². The van der Waals surface area contributed by atoms with Crippen molar-refractivity contribution >= 4 is 16.5 Å². The summed E-state index contributed by atoms with van der Waals surface area (Å²) in [6.07, 6.45) is 4.58. The van der Waals surface area contributed by atoms with Crippen LogP contribution in [0.1, 0.15) is 57.5 Å². The molecule has 1 aromatic heterocycles. The summed E-state index contributed by atoms with van der Waals surface area (Å²) in [5.41, 5.74) is 6.98. The normalized spacial score (nSPS) is 12.7. The Morgan fingerprint density at radius 1 is 1.33 bits per heavy atom. The largest absolute Gasteiger partial charge is 0.345 e. The molecular weight excluding hydrogens is 242 g/mol. The smallest absolute Gasteiger partial charge is 0.186 e. The Labute approximate surface area is 115 Å². The Bertz CT molecular complexity index is 327. The lowest BCUT2D eigenvalue weighted by Crippen LogP contribution is -2.33. The lowest BCUT2D eigenvalue weighted by Gasteiger charge is -2.28. The van der Waals surface area contributed by atoms with E-state index < -0.39 is 0 Å². The number of nitrogens with zero attached hydrogens (tertiary/aromatic N) is 2. The lowest BCUT2D eigenvalue weighted by atomic mass is 10.2. The zero-order valence-corrected chi connectivity index (χ0v) is 13.0. The molecule has 0 aliphatic heterocycles. The molecule has 0 radical (unpaired) electrons. The maximum absolute atomic E-state index is 5.80. The number of anilines is 1. The number of aryl methyl sites for hydroxylation is 1. The minimum atomic E-state index is 0.554. The fraction of sp³-hybridized carbons (Fsp3) is 0.786. The van der Waals surface area contributed by atoms with Crippen molar-refractivity contribution in [2.75, 3.05) is 11.4 Å². The molecule has 0 spiro atoms. The van der Waals surface area contributed by atoms with Gasteiger partial charge in [0.05, 0.1) is 5.69 Å². The van der Waals surface area contributed by atoms with Crippen molar-refractivity contribution in [1.82, 2.24) is 4.98 Å². The predicted molar refractivity (Wildman–Crippen MR) is 81.4 cm³/mol. The maximum atomic E-state index is 5.80. The molecule has 4 heteroatoms. The molecule has 0 saturated carbocycles. The van der Waals surface area contributed by atoms with Crippen LogP contribution in [0.4, 0.5) is 5.13 Å². The fourth-order valence-corrected chi connectivity index (χ4v) is 3.14. The maximum Gasteiger partial charge on any atom is 0.186 e. The second kappa shape index (κ2) is 7.74. The third-order valence-corrected chi connectivity index (χ3v) is 4.57. The van der Waals surface area contributed by atoms with Gasteiger partial charge in [0.1, 0.15) is 0 Å². The van der Waals surface area contributed by atoms with Crippen molar-refractivity contribution in [3.63, 3.8) is 0 Å². The molecule has 104 valence electrons. The quantitative estimate of drug-likeness (QED) is 0.784. The third kappa shape index (κ3) is 3.69. The van der Waals surface area contributed by atoms with Crippen LogP contribution >= 0.6 is 11.3 Å². The Hall–Kier alpha value is -0.610. The van der Waals surface area contributed by atoms with Gasteiger partial charge in [0.15, 0.2) is 5.13 Å². The summed E-state index contributed by atoms with van der Waals surface area (Å²) in [5.74, 6) is 0. The highest BCUT2D eigenvalue weighted by Crippen LogP contribution is 2.28. The lowest BCUT2D eigenvalue weighted by molar-refractivity contribution is 0.594. The SMILES string of the molecule is CCCCN(c1nc(CC)c(CN)s1)C(C)CC. The summed E-state index contributed by atoms with van der Waals surface area (Å²) in [6, 6.07) is 0.554. The van der Waals surface area contributed by atoms with E-state index in [0.717, 1.165) is 24.5 Å². The van der Waals surface area contributed by atoms with Crippen molar-refractivity contribution in [3.8, 4) is 0 Å². The van der Waals surface area contributed by atoms with Crippen LogP contribution in [-0.4, -0.2) is 17.6 Å². The van der Waals surface area contributed by atoms with E-state index in [4.69, 9.17) is 10.7 Å². The average Bonchev–Trinajstić information content (AvgIpc) is 2.81. The number of hydrogen-bond donors (Lipinski definition) is 1. The molecule has 1 atom stereocenters. The Kier molecular flexibility index (Phi) is 6.65. The van der Waals surface area contributed by atoms with E-state index in [1.165, 1.54) is 23.4 Å². The van der Waals surface area contributed by atoms with Crippen LogP contribution in [0.5, 0.6) is 0 Å². The monoisotopic (exact) mass is 269 g/mol. The summed E-state index contributed by atoms with van der Waals surface area (Å²) >= 11 is 1.78. The zero-order valence-electron chi connectivity index (χ0n) is 12.2. The summed E-state index contributed by atoms with van der Waals surface area (Å²) in [5, 5.41) is 1.16. The van der Waals surface area contributed by atoms with Gasteiger partial charge in [0.2, 0.25) is 0 Å².